The summed E-state index contributed by atoms with van der Waals surface area (Å²) in [5.74, 6) is -1.45. The quantitative estimate of drug-likeness (QED) is 0.316. The minimum atomic E-state index is -1.16. The third-order valence-corrected chi connectivity index (χ3v) is 6.91. The molecule has 1 aromatic heterocycles. The van der Waals surface area contributed by atoms with Crippen LogP contribution in [0.1, 0.15) is 33.5 Å². The van der Waals surface area contributed by atoms with Gasteiger partial charge in [-0.15, -0.1) is 0 Å². The normalized spacial score (nSPS) is 12.9. The van der Waals surface area contributed by atoms with Crippen molar-refractivity contribution in [2.45, 2.75) is 19.4 Å². The third kappa shape index (κ3) is 6.57. The van der Waals surface area contributed by atoms with E-state index in [0.29, 0.717) is 11.1 Å². The Hall–Kier alpha value is -4.10. The van der Waals surface area contributed by atoms with Crippen molar-refractivity contribution < 1.29 is 18.9 Å². The van der Waals surface area contributed by atoms with Crippen LogP contribution in [0, 0.1) is 6.92 Å². The molecule has 1 amide bonds. The Labute approximate surface area is 218 Å². The van der Waals surface area contributed by atoms with Gasteiger partial charge < -0.3 is 10.4 Å². The Morgan fingerprint density at radius 1 is 0.973 bits per heavy atom. The number of rotatable bonds is 9. The van der Waals surface area contributed by atoms with E-state index in [-0.39, 0.29) is 12.2 Å². The number of amides is 1. The van der Waals surface area contributed by atoms with E-state index in [1.807, 2.05) is 85.9 Å². The van der Waals surface area contributed by atoms with Gasteiger partial charge in [-0.1, -0.05) is 60.7 Å². The molecular formula is C30H28N2O4S. The van der Waals surface area contributed by atoms with Gasteiger partial charge in [0.25, 0.3) is 5.91 Å². The van der Waals surface area contributed by atoms with Crippen LogP contribution in [0.2, 0.25) is 0 Å². The first kappa shape index (κ1) is 26.0. The zero-order chi connectivity index (χ0) is 26.4. The average Bonchev–Trinajstić information content (AvgIpc) is 2.89. The predicted octanol–water partition coefficient (Wildman–Crippen LogP) is 5.33. The number of pyridine rings is 1. The summed E-state index contributed by atoms with van der Waals surface area (Å²) < 4.78 is 11.5. The number of aromatic nitrogens is 1. The molecule has 0 fully saturated rings. The van der Waals surface area contributed by atoms with Crippen molar-refractivity contribution >= 4 is 45.7 Å². The van der Waals surface area contributed by atoms with Crippen LogP contribution in [0.5, 0.6) is 0 Å². The lowest BCUT2D eigenvalue weighted by Crippen LogP contribution is -2.41. The van der Waals surface area contributed by atoms with Gasteiger partial charge in [-0.2, -0.15) is 0 Å². The van der Waals surface area contributed by atoms with Crippen molar-refractivity contribution in [2.75, 3.05) is 12.0 Å². The molecule has 0 saturated carbocycles. The topological polar surface area (TPSA) is 96.4 Å². The number of aliphatic carboxylic acids is 1. The maximum Gasteiger partial charge on any atom is 0.326 e. The molecule has 0 aliphatic carbocycles. The van der Waals surface area contributed by atoms with Crippen molar-refractivity contribution in [3.8, 4) is 11.1 Å². The molecular weight excluding hydrogens is 484 g/mol. The number of nitrogens with one attached hydrogen (secondary N) is 1. The lowest BCUT2D eigenvalue weighted by molar-refractivity contribution is -0.139. The summed E-state index contributed by atoms with van der Waals surface area (Å²) in [5.41, 5.74) is 5.74. The van der Waals surface area contributed by atoms with Crippen LogP contribution in [-0.2, 0) is 15.6 Å². The van der Waals surface area contributed by atoms with Crippen LogP contribution in [-0.4, -0.2) is 44.2 Å². The fourth-order valence-corrected chi connectivity index (χ4v) is 4.68. The number of carboxylic acids is 1. The lowest BCUT2D eigenvalue weighted by atomic mass is 9.93. The van der Waals surface area contributed by atoms with E-state index >= 15 is 0 Å². The summed E-state index contributed by atoms with van der Waals surface area (Å²) in [7, 11) is -1.16. The summed E-state index contributed by atoms with van der Waals surface area (Å²) in [5, 5.41) is 13.2. The molecule has 0 aliphatic heterocycles. The molecule has 0 radical (unpaired) electrons. The van der Waals surface area contributed by atoms with Gasteiger partial charge in [-0.25, -0.2) is 4.79 Å². The largest absolute Gasteiger partial charge is 0.480 e. The van der Waals surface area contributed by atoms with Crippen LogP contribution in [0.15, 0.2) is 79.0 Å². The molecule has 2 N–H and O–H groups in total. The number of nitrogens with zero attached hydrogens (tertiary/aromatic N) is 1. The first-order chi connectivity index (χ1) is 17.8. The van der Waals surface area contributed by atoms with E-state index < -0.39 is 28.7 Å². The van der Waals surface area contributed by atoms with Crippen LogP contribution < -0.4 is 5.32 Å². The van der Waals surface area contributed by atoms with Crippen molar-refractivity contribution in [1.29, 1.82) is 0 Å². The number of aryl methyl sites for hydroxylation is 1. The summed E-state index contributed by atoms with van der Waals surface area (Å²) in [6, 6.07) is 22.1. The second-order valence-corrected chi connectivity index (χ2v) is 10.4. The van der Waals surface area contributed by atoms with Crippen LogP contribution in [0.4, 0.5) is 0 Å². The number of fused-ring (bicyclic) bond motifs is 1. The molecule has 1 heterocycles. The number of carbonyl (C=O) groups is 2. The predicted molar refractivity (Wildman–Crippen MR) is 150 cm³/mol. The molecule has 0 saturated heterocycles. The fourth-order valence-electron chi connectivity index (χ4n) is 4.11. The van der Waals surface area contributed by atoms with Gasteiger partial charge in [0.15, 0.2) is 0 Å². The van der Waals surface area contributed by atoms with Gasteiger partial charge >= 0.3 is 5.97 Å². The van der Waals surface area contributed by atoms with E-state index in [4.69, 9.17) is 0 Å². The lowest BCUT2D eigenvalue weighted by Gasteiger charge is -2.17. The minimum Gasteiger partial charge on any atom is -0.480 e. The highest BCUT2D eigenvalue weighted by Gasteiger charge is 2.23. The van der Waals surface area contributed by atoms with E-state index in [0.717, 1.165) is 33.2 Å². The van der Waals surface area contributed by atoms with E-state index in [1.54, 1.807) is 6.07 Å². The molecule has 188 valence electrons. The second-order valence-electron chi connectivity index (χ2n) is 8.84. The SMILES string of the molecule is Cc1ccccc1-c1cc(C=Cc2cnc3ccccc3c2)ccc1C(=O)N[C@@H](CCS(C)=O)C(=O)O. The summed E-state index contributed by atoms with van der Waals surface area (Å²) in [6.45, 7) is 1.97. The molecule has 2 atom stereocenters. The van der Waals surface area contributed by atoms with Gasteiger partial charge in [0, 0.05) is 40.0 Å². The third-order valence-electron chi connectivity index (χ3n) is 6.10. The summed E-state index contributed by atoms with van der Waals surface area (Å²) in [4.78, 5) is 29.5. The first-order valence-corrected chi connectivity index (χ1v) is 13.6. The van der Waals surface area contributed by atoms with Crippen LogP contribution in [0.25, 0.3) is 34.2 Å². The first-order valence-electron chi connectivity index (χ1n) is 11.9. The van der Waals surface area contributed by atoms with Gasteiger partial charge in [0.1, 0.15) is 6.04 Å². The Morgan fingerprint density at radius 3 is 2.46 bits per heavy atom. The zero-order valence-corrected chi connectivity index (χ0v) is 21.5. The average molecular weight is 513 g/mol. The Kier molecular flexibility index (Phi) is 8.25. The van der Waals surface area contributed by atoms with Crippen LogP contribution >= 0.6 is 0 Å². The molecule has 1 unspecified atom stereocenters. The monoisotopic (exact) mass is 512 g/mol. The van der Waals surface area contributed by atoms with Gasteiger partial charge in [0.05, 0.1) is 5.52 Å². The van der Waals surface area contributed by atoms with Crippen LogP contribution in [0.3, 0.4) is 0 Å². The highest BCUT2D eigenvalue weighted by atomic mass is 32.2. The maximum absolute atomic E-state index is 13.2. The highest BCUT2D eigenvalue weighted by molar-refractivity contribution is 7.84. The fraction of sp³-hybridized carbons (Fsp3) is 0.167. The maximum atomic E-state index is 13.2. The minimum absolute atomic E-state index is 0.0878. The van der Waals surface area contributed by atoms with E-state index in [9.17, 15) is 18.9 Å². The van der Waals surface area contributed by atoms with Crippen molar-refractivity contribution in [2.24, 2.45) is 0 Å². The number of carboxylic acid groups (broad SMARTS) is 1. The number of carbonyl (C=O) groups excluding carboxylic acids is 1. The molecule has 0 bridgehead atoms. The van der Waals surface area contributed by atoms with Crippen molar-refractivity contribution in [3.05, 3.63) is 101 Å². The highest BCUT2D eigenvalue weighted by Crippen LogP contribution is 2.29. The molecule has 0 spiro atoms. The number of benzene rings is 3. The molecule has 3 aromatic carbocycles. The molecule has 4 aromatic rings. The number of hydrogen-bond acceptors (Lipinski definition) is 4. The summed E-state index contributed by atoms with van der Waals surface area (Å²) in [6.07, 6.45) is 7.35. The summed E-state index contributed by atoms with van der Waals surface area (Å²) >= 11 is 0. The number of para-hydroxylation sites is 1. The molecule has 7 heteroatoms. The van der Waals surface area contributed by atoms with Crippen molar-refractivity contribution in [1.82, 2.24) is 10.3 Å². The Balaban J connectivity index is 1.67. The standard InChI is InChI=1S/C30H28N2O4S/c1-20-7-3-5-9-24(20)26-18-21(11-12-22-17-23-8-4-6-10-27(23)31-19-22)13-14-25(26)29(33)32-28(30(34)35)15-16-37(2)36/h3-14,17-19,28H,15-16H2,1-2H3,(H,32,33)(H,34,35)/t28-,37?/m0/s1. The molecule has 0 aliphatic rings. The smallest absolute Gasteiger partial charge is 0.326 e. The molecule has 4 rings (SSSR count). The zero-order valence-electron chi connectivity index (χ0n) is 20.7. The van der Waals surface area contributed by atoms with E-state index in [1.165, 1.54) is 6.26 Å². The Morgan fingerprint density at radius 2 is 1.70 bits per heavy atom. The van der Waals surface area contributed by atoms with Gasteiger partial charge in [-0.05, 0) is 65.4 Å². The Bertz CT molecular complexity index is 1510. The van der Waals surface area contributed by atoms with Gasteiger partial charge in [0.2, 0.25) is 0 Å². The molecule has 37 heavy (non-hydrogen) atoms. The van der Waals surface area contributed by atoms with Gasteiger partial charge in [-0.3, -0.25) is 14.0 Å². The number of hydrogen-bond donors (Lipinski definition) is 2. The van der Waals surface area contributed by atoms with Crippen molar-refractivity contribution in [3.63, 3.8) is 0 Å². The molecule has 6 nitrogen and oxygen atoms in total. The van der Waals surface area contributed by atoms with E-state index in [2.05, 4.69) is 16.4 Å². The second kappa shape index (κ2) is 11.8.